The number of nitrogens with zero attached hydrogens (tertiary/aromatic N) is 2. The number of carbonyl (C=O) groups is 1. The molecule has 5 rings (SSSR count). The molecule has 1 saturated heterocycles. The summed E-state index contributed by atoms with van der Waals surface area (Å²) in [5, 5.41) is 11.8. The third-order valence-electron chi connectivity index (χ3n) is 5.90. The highest BCUT2D eigenvalue weighted by Crippen LogP contribution is 2.51. The number of hydrazone groups is 1. The van der Waals surface area contributed by atoms with Crippen LogP contribution in [0.4, 0.5) is 5.69 Å². The van der Waals surface area contributed by atoms with Gasteiger partial charge in [-0.1, -0.05) is 11.8 Å². The number of anilines is 1. The number of hydrogen-bond acceptors (Lipinski definition) is 8. The minimum absolute atomic E-state index is 0.116. The molecule has 162 valence electrons. The summed E-state index contributed by atoms with van der Waals surface area (Å²) < 4.78 is 11.0. The molecule has 0 radical (unpaired) electrons. The average Bonchev–Trinajstić information content (AvgIpc) is 3.37. The molecule has 1 spiro atoms. The number of fused-ring (bicyclic) bond motifs is 2. The SMILES string of the molecule is COc1ccc(C2=NNC3(S2)C(=O)Nc2ccc(OC)c(CN4CCNCC4)c23)cc1. The molecule has 1 fully saturated rings. The van der Waals surface area contributed by atoms with E-state index in [1.54, 1.807) is 14.2 Å². The van der Waals surface area contributed by atoms with Crippen LogP contribution in [-0.4, -0.2) is 56.2 Å². The number of nitrogens with one attached hydrogen (secondary N) is 3. The van der Waals surface area contributed by atoms with E-state index in [9.17, 15) is 4.79 Å². The quantitative estimate of drug-likeness (QED) is 0.656. The Kier molecular flexibility index (Phi) is 5.25. The summed E-state index contributed by atoms with van der Waals surface area (Å²) >= 11 is 1.43. The molecule has 8 nitrogen and oxygen atoms in total. The molecule has 1 unspecified atom stereocenters. The van der Waals surface area contributed by atoms with E-state index in [0.29, 0.717) is 6.54 Å². The van der Waals surface area contributed by atoms with Crippen molar-refractivity contribution in [2.24, 2.45) is 5.10 Å². The van der Waals surface area contributed by atoms with Crippen molar-refractivity contribution < 1.29 is 14.3 Å². The number of benzene rings is 2. The Morgan fingerprint density at radius 1 is 1.10 bits per heavy atom. The van der Waals surface area contributed by atoms with Crippen LogP contribution in [0.5, 0.6) is 11.5 Å². The number of rotatable bonds is 5. The number of methoxy groups -OCH3 is 2. The standard InChI is InChI=1S/C22H25N5O3S/c1-29-15-5-3-14(4-6-15)20-25-26-22(31-20)19-16(13-27-11-9-23-10-12-27)18(30-2)8-7-17(19)24-21(22)28/h3-8,23,26H,9-13H2,1-2H3,(H,24,28). The summed E-state index contributed by atoms with van der Waals surface area (Å²) in [5.74, 6) is 1.45. The van der Waals surface area contributed by atoms with Gasteiger partial charge in [0.05, 0.1) is 14.2 Å². The molecule has 2 aromatic carbocycles. The molecule has 3 heterocycles. The number of carbonyl (C=O) groups excluding carboxylic acids is 1. The van der Waals surface area contributed by atoms with E-state index < -0.39 is 4.87 Å². The lowest BCUT2D eigenvalue weighted by atomic mass is 9.98. The summed E-state index contributed by atoms with van der Waals surface area (Å²) in [6, 6.07) is 11.5. The lowest BCUT2D eigenvalue weighted by Gasteiger charge is -2.30. The van der Waals surface area contributed by atoms with Gasteiger partial charge in [0.1, 0.15) is 16.5 Å². The summed E-state index contributed by atoms with van der Waals surface area (Å²) in [5.41, 5.74) is 6.84. The van der Waals surface area contributed by atoms with Crippen LogP contribution < -0.4 is 25.5 Å². The van der Waals surface area contributed by atoms with Gasteiger partial charge in [0.15, 0.2) is 0 Å². The molecule has 3 aliphatic rings. The normalized spacial score (nSPS) is 22.6. The molecule has 3 N–H and O–H groups in total. The van der Waals surface area contributed by atoms with E-state index in [1.165, 1.54) is 11.8 Å². The van der Waals surface area contributed by atoms with Crippen molar-refractivity contribution in [2.45, 2.75) is 11.4 Å². The van der Waals surface area contributed by atoms with Gasteiger partial charge in [-0.05, 0) is 36.4 Å². The van der Waals surface area contributed by atoms with Crippen molar-refractivity contribution in [3.05, 3.63) is 53.1 Å². The Bertz CT molecular complexity index is 1040. The van der Waals surface area contributed by atoms with E-state index >= 15 is 0 Å². The van der Waals surface area contributed by atoms with Crippen molar-refractivity contribution in [1.82, 2.24) is 15.6 Å². The zero-order valence-corrected chi connectivity index (χ0v) is 18.3. The highest BCUT2D eigenvalue weighted by atomic mass is 32.2. The van der Waals surface area contributed by atoms with E-state index in [1.807, 2.05) is 36.4 Å². The maximum absolute atomic E-state index is 13.2. The molecule has 1 atom stereocenters. The third-order valence-corrected chi connectivity index (χ3v) is 7.21. The van der Waals surface area contributed by atoms with Crippen molar-refractivity contribution in [2.75, 3.05) is 45.7 Å². The molecular formula is C22H25N5O3S. The zero-order valence-electron chi connectivity index (χ0n) is 17.5. The van der Waals surface area contributed by atoms with Crippen molar-refractivity contribution in [3.63, 3.8) is 0 Å². The summed E-state index contributed by atoms with van der Waals surface area (Å²) in [7, 11) is 3.31. The number of thioether (sulfide) groups is 1. The third kappa shape index (κ3) is 3.42. The number of piperazine rings is 1. The largest absolute Gasteiger partial charge is 0.497 e. The van der Waals surface area contributed by atoms with Crippen LogP contribution in [0.25, 0.3) is 0 Å². The lowest BCUT2D eigenvalue weighted by molar-refractivity contribution is -0.118. The van der Waals surface area contributed by atoms with Crippen LogP contribution >= 0.6 is 11.8 Å². The predicted molar refractivity (Wildman–Crippen MR) is 122 cm³/mol. The van der Waals surface area contributed by atoms with E-state index in [4.69, 9.17) is 9.47 Å². The Balaban J connectivity index is 1.51. The highest BCUT2D eigenvalue weighted by molar-refractivity contribution is 8.16. The van der Waals surface area contributed by atoms with Crippen molar-refractivity contribution in [1.29, 1.82) is 0 Å². The van der Waals surface area contributed by atoms with Gasteiger partial charge < -0.3 is 20.1 Å². The maximum atomic E-state index is 13.2. The van der Waals surface area contributed by atoms with E-state index in [2.05, 4.69) is 26.1 Å². The first-order valence-corrected chi connectivity index (χ1v) is 11.1. The minimum atomic E-state index is -1.01. The Labute approximate surface area is 185 Å². The first kappa shape index (κ1) is 20.2. The van der Waals surface area contributed by atoms with Crippen molar-refractivity contribution in [3.8, 4) is 11.5 Å². The molecule has 1 amide bonds. The first-order chi connectivity index (χ1) is 15.1. The Hall–Kier alpha value is -2.75. The molecule has 9 heteroatoms. The lowest BCUT2D eigenvalue weighted by Crippen LogP contribution is -2.44. The molecule has 0 bridgehead atoms. The molecule has 0 aliphatic carbocycles. The molecule has 2 aromatic rings. The second-order valence-corrected chi connectivity index (χ2v) is 8.89. The van der Waals surface area contributed by atoms with Gasteiger partial charge in [-0.15, -0.1) is 0 Å². The smallest absolute Gasteiger partial charge is 0.267 e. The number of hydrogen-bond donors (Lipinski definition) is 3. The topological polar surface area (TPSA) is 87.2 Å². The molecular weight excluding hydrogens is 414 g/mol. The molecule has 31 heavy (non-hydrogen) atoms. The molecule has 3 aliphatic heterocycles. The van der Waals surface area contributed by atoms with Gasteiger partial charge in [0, 0.05) is 55.1 Å². The zero-order chi connectivity index (χ0) is 21.4. The van der Waals surface area contributed by atoms with E-state index in [0.717, 1.165) is 65.1 Å². The van der Waals surface area contributed by atoms with Crippen LogP contribution in [0, 0.1) is 0 Å². The molecule has 0 saturated carbocycles. The van der Waals surface area contributed by atoms with E-state index in [-0.39, 0.29) is 5.91 Å². The monoisotopic (exact) mass is 439 g/mol. The van der Waals surface area contributed by atoms with Gasteiger partial charge in [-0.2, -0.15) is 5.10 Å². The number of ether oxygens (including phenoxy) is 2. The first-order valence-electron chi connectivity index (χ1n) is 10.3. The summed E-state index contributed by atoms with van der Waals surface area (Å²) in [4.78, 5) is 14.6. The van der Waals surface area contributed by atoms with Gasteiger partial charge in [0.2, 0.25) is 4.87 Å². The van der Waals surface area contributed by atoms with Crippen LogP contribution in [0.2, 0.25) is 0 Å². The fraction of sp³-hybridized carbons (Fsp3) is 0.364. The highest BCUT2D eigenvalue weighted by Gasteiger charge is 2.53. The van der Waals surface area contributed by atoms with Crippen LogP contribution in [0.15, 0.2) is 41.5 Å². The Morgan fingerprint density at radius 2 is 1.87 bits per heavy atom. The molecule has 0 aromatic heterocycles. The Morgan fingerprint density at radius 3 is 2.58 bits per heavy atom. The van der Waals surface area contributed by atoms with Crippen molar-refractivity contribution >= 4 is 28.4 Å². The summed E-state index contributed by atoms with van der Waals surface area (Å²) in [6.07, 6.45) is 0. The van der Waals surface area contributed by atoms with Gasteiger partial charge in [-0.25, -0.2) is 0 Å². The second kappa shape index (κ2) is 8.07. The van der Waals surface area contributed by atoms with Crippen LogP contribution in [0.3, 0.4) is 0 Å². The van der Waals surface area contributed by atoms with Crippen LogP contribution in [-0.2, 0) is 16.2 Å². The predicted octanol–water partition coefficient (Wildman–Crippen LogP) is 1.91. The second-order valence-electron chi connectivity index (χ2n) is 7.69. The number of amides is 1. The minimum Gasteiger partial charge on any atom is -0.497 e. The fourth-order valence-corrected chi connectivity index (χ4v) is 5.49. The van der Waals surface area contributed by atoms with Crippen LogP contribution in [0.1, 0.15) is 16.7 Å². The van der Waals surface area contributed by atoms with Gasteiger partial charge in [0.25, 0.3) is 5.91 Å². The van der Waals surface area contributed by atoms with Gasteiger partial charge in [-0.3, -0.25) is 15.1 Å². The van der Waals surface area contributed by atoms with Gasteiger partial charge >= 0.3 is 0 Å². The summed E-state index contributed by atoms with van der Waals surface area (Å²) in [6.45, 7) is 4.53. The average molecular weight is 440 g/mol. The fourth-order valence-electron chi connectivity index (χ4n) is 4.28. The maximum Gasteiger partial charge on any atom is 0.267 e.